The summed E-state index contributed by atoms with van der Waals surface area (Å²) in [4.78, 5) is 5.85. The van der Waals surface area contributed by atoms with E-state index in [0.717, 1.165) is 27.3 Å². The maximum atomic E-state index is 6.01. The van der Waals surface area contributed by atoms with E-state index in [2.05, 4.69) is 26.2 Å². The van der Waals surface area contributed by atoms with Gasteiger partial charge in [-0.2, -0.15) is 0 Å². The first kappa shape index (κ1) is 14.9. The number of methoxy groups -OCH3 is 1. The summed E-state index contributed by atoms with van der Waals surface area (Å²) in [7, 11) is 3.61. The van der Waals surface area contributed by atoms with Gasteiger partial charge in [0.1, 0.15) is 5.01 Å². The fraction of sp³-hybridized carbons (Fsp3) is 0.308. The smallest absolute Gasteiger partial charge is 0.124 e. The number of rotatable bonds is 5. The molecule has 0 aliphatic carbocycles. The molecule has 0 aliphatic heterocycles. The van der Waals surface area contributed by atoms with Crippen molar-refractivity contribution in [3.8, 4) is 10.6 Å². The molecule has 0 saturated heterocycles. The van der Waals surface area contributed by atoms with E-state index >= 15 is 0 Å². The van der Waals surface area contributed by atoms with Crippen molar-refractivity contribution in [2.75, 3.05) is 14.2 Å². The molecule has 0 bridgehead atoms. The molecule has 6 heteroatoms. The van der Waals surface area contributed by atoms with Gasteiger partial charge in [0.15, 0.2) is 0 Å². The lowest BCUT2D eigenvalue weighted by atomic mass is 10.2. The van der Waals surface area contributed by atoms with Crippen molar-refractivity contribution >= 4 is 38.9 Å². The third-order valence-electron chi connectivity index (χ3n) is 2.56. The normalized spacial score (nSPS) is 10.9. The van der Waals surface area contributed by atoms with Crippen LogP contribution < -0.4 is 5.32 Å². The average molecular weight is 362 g/mol. The lowest BCUT2D eigenvalue weighted by Crippen LogP contribution is -2.06. The van der Waals surface area contributed by atoms with E-state index < -0.39 is 0 Å². The number of benzene rings is 1. The van der Waals surface area contributed by atoms with Crippen LogP contribution >= 0.6 is 38.9 Å². The third-order valence-corrected chi connectivity index (χ3v) is 4.92. The first-order chi connectivity index (χ1) is 9.15. The molecule has 1 aromatic carbocycles. The Bertz CT molecular complexity index is 550. The number of nitrogens with one attached hydrogen (secondary N) is 1. The van der Waals surface area contributed by atoms with Gasteiger partial charge in [-0.15, -0.1) is 11.3 Å². The van der Waals surface area contributed by atoms with Crippen LogP contribution in [-0.4, -0.2) is 19.1 Å². The average Bonchev–Trinajstić information content (AvgIpc) is 2.77. The number of halogens is 2. The van der Waals surface area contributed by atoms with Crippen LogP contribution in [0.5, 0.6) is 0 Å². The van der Waals surface area contributed by atoms with Crippen LogP contribution in [-0.2, 0) is 17.9 Å². The number of nitrogens with zero attached hydrogens (tertiary/aromatic N) is 1. The van der Waals surface area contributed by atoms with E-state index in [1.807, 2.05) is 25.2 Å². The van der Waals surface area contributed by atoms with E-state index in [1.165, 1.54) is 4.88 Å². The highest BCUT2D eigenvalue weighted by molar-refractivity contribution is 9.10. The van der Waals surface area contributed by atoms with Gasteiger partial charge >= 0.3 is 0 Å². The molecular formula is C13H14BrClN2OS. The maximum Gasteiger partial charge on any atom is 0.124 e. The summed E-state index contributed by atoms with van der Waals surface area (Å²) in [5.41, 5.74) is 2.05. The van der Waals surface area contributed by atoms with Crippen molar-refractivity contribution in [3.05, 3.63) is 38.3 Å². The molecule has 0 spiro atoms. The van der Waals surface area contributed by atoms with Gasteiger partial charge < -0.3 is 10.1 Å². The van der Waals surface area contributed by atoms with Crippen molar-refractivity contribution in [2.45, 2.75) is 13.2 Å². The van der Waals surface area contributed by atoms with Crippen LogP contribution in [0.25, 0.3) is 10.6 Å². The lowest BCUT2D eigenvalue weighted by Gasteiger charge is -1.99. The minimum absolute atomic E-state index is 0.530. The quantitative estimate of drug-likeness (QED) is 0.871. The molecule has 0 atom stereocenters. The molecule has 1 N–H and O–H groups in total. The predicted molar refractivity (Wildman–Crippen MR) is 83.7 cm³/mol. The van der Waals surface area contributed by atoms with Crippen LogP contribution in [0.4, 0.5) is 0 Å². The summed E-state index contributed by atoms with van der Waals surface area (Å²) in [6.45, 7) is 1.33. The van der Waals surface area contributed by atoms with Gasteiger partial charge in [0.05, 0.1) is 17.3 Å². The van der Waals surface area contributed by atoms with Gasteiger partial charge in [-0.3, -0.25) is 0 Å². The number of aromatic nitrogens is 1. The van der Waals surface area contributed by atoms with Gasteiger partial charge in [-0.25, -0.2) is 4.98 Å². The molecule has 1 aromatic heterocycles. The Labute approximate surface area is 130 Å². The Morgan fingerprint density at radius 2 is 2.26 bits per heavy atom. The Morgan fingerprint density at radius 3 is 2.89 bits per heavy atom. The van der Waals surface area contributed by atoms with Crippen molar-refractivity contribution < 1.29 is 4.74 Å². The predicted octanol–water partition coefficient (Wildman–Crippen LogP) is 4.09. The summed E-state index contributed by atoms with van der Waals surface area (Å²) >= 11 is 11.1. The zero-order chi connectivity index (χ0) is 13.8. The summed E-state index contributed by atoms with van der Waals surface area (Å²) in [6.07, 6.45) is 0. The van der Waals surface area contributed by atoms with Crippen LogP contribution in [0, 0.1) is 0 Å². The third kappa shape index (κ3) is 3.55. The molecule has 1 heterocycles. The van der Waals surface area contributed by atoms with Crippen LogP contribution in [0.15, 0.2) is 22.7 Å². The SMILES string of the molecule is CNCc1sc(-c2ccc(Cl)c(Br)c2)nc1COC. The first-order valence-corrected chi connectivity index (χ1v) is 7.72. The molecule has 0 fully saturated rings. The van der Waals surface area contributed by atoms with E-state index in [9.17, 15) is 0 Å². The molecule has 2 rings (SSSR count). The Morgan fingerprint density at radius 1 is 1.47 bits per heavy atom. The number of ether oxygens (including phenoxy) is 1. The van der Waals surface area contributed by atoms with E-state index in [4.69, 9.17) is 16.3 Å². The van der Waals surface area contributed by atoms with Crippen LogP contribution in [0.2, 0.25) is 5.02 Å². The molecule has 0 aliphatic rings. The highest BCUT2D eigenvalue weighted by Gasteiger charge is 2.12. The van der Waals surface area contributed by atoms with Crippen LogP contribution in [0.3, 0.4) is 0 Å². The fourth-order valence-electron chi connectivity index (χ4n) is 1.68. The molecule has 0 amide bonds. The second-order valence-corrected chi connectivity index (χ2v) is 6.33. The number of hydrogen-bond acceptors (Lipinski definition) is 4. The largest absolute Gasteiger partial charge is 0.378 e. The van der Waals surface area contributed by atoms with Gasteiger partial charge in [-0.1, -0.05) is 17.7 Å². The van der Waals surface area contributed by atoms with Crippen molar-refractivity contribution in [2.24, 2.45) is 0 Å². The topological polar surface area (TPSA) is 34.2 Å². The van der Waals surface area contributed by atoms with Gasteiger partial charge in [0, 0.05) is 28.6 Å². The standard InChI is InChI=1S/C13H14BrClN2OS/c1-16-6-12-11(7-18-2)17-13(19-12)8-3-4-10(15)9(14)5-8/h3-5,16H,6-7H2,1-2H3. The Balaban J connectivity index is 2.38. The minimum atomic E-state index is 0.530. The molecule has 19 heavy (non-hydrogen) atoms. The summed E-state index contributed by atoms with van der Waals surface area (Å²) in [5.74, 6) is 0. The molecule has 0 unspecified atom stereocenters. The summed E-state index contributed by atoms with van der Waals surface area (Å²) < 4.78 is 6.07. The maximum absolute atomic E-state index is 6.01. The second-order valence-electron chi connectivity index (χ2n) is 3.98. The van der Waals surface area contributed by atoms with Crippen molar-refractivity contribution in [1.82, 2.24) is 10.3 Å². The van der Waals surface area contributed by atoms with Gasteiger partial charge in [0.2, 0.25) is 0 Å². The van der Waals surface area contributed by atoms with Crippen LogP contribution in [0.1, 0.15) is 10.6 Å². The molecule has 0 saturated carbocycles. The first-order valence-electron chi connectivity index (χ1n) is 5.73. The molecular weight excluding hydrogens is 348 g/mol. The fourth-order valence-corrected chi connectivity index (χ4v) is 3.25. The zero-order valence-corrected chi connectivity index (χ0v) is 13.8. The summed E-state index contributed by atoms with van der Waals surface area (Å²) in [5, 5.41) is 4.84. The summed E-state index contributed by atoms with van der Waals surface area (Å²) in [6, 6.07) is 5.84. The van der Waals surface area contributed by atoms with E-state index in [-0.39, 0.29) is 0 Å². The van der Waals surface area contributed by atoms with E-state index in [0.29, 0.717) is 11.6 Å². The van der Waals surface area contributed by atoms with E-state index in [1.54, 1.807) is 18.4 Å². The van der Waals surface area contributed by atoms with Crippen molar-refractivity contribution in [3.63, 3.8) is 0 Å². The molecule has 2 aromatic rings. The Hall–Kier alpha value is -0.460. The zero-order valence-electron chi connectivity index (χ0n) is 10.7. The second kappa shape index (κ2) is 6.81. The van der Waals surface area contributed by atoms with Gasteiger partial charge in [0.25, 0.3) is 0 Å². The number of thiazole rings is 1. The monoisotopic (exact) mass is 360 g/mol. The minimum Gasteiger partial charge on any atom is -0.378 e. The lowest BCUT2D eigenvalue weighted by molar-refractivity contribution is 0.181. The number of hydrogen-bond donors (Lipinski definition) is 1. The molecule has 3 nitrogen and oxygen atoms in total. The molecule has 0 radical (unpaired) electrons. The highest BCUT2D eigenvalue weighted by atomic mass is 79.9. The Kier molecular flexibility index (Phi) is 5.36. The molecule has 102 valence electrons. The van der Waals surface area contributed by atoms with Crippen molar-refractivity contribution in [1.29, 1.82) is 0 Å². The van der Waals surface area contributed by atoms with Gasteiger partial charge in [-0.05, 0) is 35.1 Å². The highest BCUT2D eigenvalue weighted by Crippen LogP contribution is 2.32.